The minimum Gasteiger partial charge on any atom is -0.315 e. The highest BCUT2D eigenvalue weighted by Gasteiger charge is 2.11. The van der Waals surface area contributed by atoms with E-state index in [1.165, 1.54) is 6.07 Å². The third-order valence-corrected chi connectivity index (χ3v) is 3.34. The van der Waals surface area contributed by atoms with Crippen LogP contribution < -0.4 is 5.32 Å². The summed E-state index contributed by atoms with van der Waals surface area (Å²) in [5, 5.41) is 3.34. The second-order valence-electron chi connectivity index (χ2n) is 4.12. The highest BCUT2D eigenvalue weighted by atomic mass is 79.9. The van der Waals surface area contributed by atoms with Gasteiger partial charge >= 0.3 is 0 Å². The molecular weight excluding hydrogens is 271 g/mol. The van der Waals surface area contributed by atoms with Gasteiger partial charge in [0.25, 0.3) is 0 Å². The van der Waals surface area contributed by atoms with Crippen LogP contribution in [0.15, 0.2) is 22.7 Å². The molecule has 1 saturated heterocycles. The van der Waals surface area contributed by atoms with Crippen LogP contribution in [0.2, 0.25) is 0 Å². The maximum Gasteiger partial charge on any atom is 0.128 e. The molecule has 0 radical (unpaired) electrons. The highest BCUT2D eigenvalue weighted by molar-refractivity contribution is 9.10. The molecule has 0 unspecified atom stereocenters. The third kappa shape index (κ3) is 3.27. The Morgan fingerprint density at radius 1 is 1.31 bits per heavy atom. The van der Waals surface area contributed by atoms with Crippen molar-refractivity contribution in [2.75, 3.05) is 26.2 Å². The summed E-state index contributed by atoms with van der Waals surface area (Å²) in [6, 6.07) is 5.29. The normalized spacial score (nSPS) is 18.4. The Balaban J connectivity index is 2.01. The summed E-state index contributed by atoms with van der Waals surface area (Å²) in [5.74, 6) is -0.119. The molecule has 0 amide bonds. The number of halogens is 2. The SMILES string of the molecule is Fc1cc(Br)ccc1CN1CCCNCC1. The van der Waals surface area contributed by atoms with Crippen molar-refractivity contribution in [3.63, 3.8) is 0 Å². The molecule has 0 aromatic heterocycles. The van der Waals surface area contributed by atoms with Crippen molar-refractivity contribution < 1.29 is 4.39 Å². The Kier molecular flexibility index (Phi) is 4.32. The van der Waals surface area contributed by atoms with Crippen molar-refractivity contribution in [3.05, 3.63) is 34.1 Å². The molecule has 0 saturated carbocycles. The molecule has 1 heterocycles. The molecule has 0 bridgehead atoms. The monoisotopic (exact) mass is 286 g/mol. The average molecular weight is 287 g/mol. The van der Waals surface area contributed by atoms with Gasteiger partial charge in [0.15, 0.2) is 0 Å². The third-order valence-electron chi connectivity index (χ3n) is 2.84. The van der Waals surface area contributed by atoms with Crippen LogP contribution in [-0.4, -0.2) is 31.1 Å². The zero-order valence-electron chi connectivity index (χ0n) is 9.18. The van der Waals surface area contributed by atoms with Crippen LogP contribution in [0.1, 0.15) is 12.0 Å². The van der Waals surface area contributed by atoms with Crippen LogP contribution in [0, 0.1) is 5.82 Å². The second-order valence-corrected chi connectivity index (χ2v) is 5.03. The first-order valence-corrected chi connectivity index (χ1v) is 6.42. The van der Waals surface area contributed by atoms with Gasteiger partial charge in [-0.25, -0.2) is 4.39 Å². The average Bonchev–Trinajstić information content (AvgIpc) is 2.51. The van der Waals surface area contributed by atoms with Crippen LogP contribution >= 0.6 is 15.9 Å². The van der Waals surface area contributed by atoms with Crippen molar-refractivity contribution in [2.24, 2.45) is 0 Å². The molecule has 0 atom stereocenters. The molecule has 0 aliphatic carbocycles. The Morgan fingerprint density at radius 2 is 2.19 bits per heavy atom. The van der Waals surface area contributed by atoms with Crippen LogP contribution in [0.4, 0.5) is 4.39 Å². The topological polar surface area (TPSA) is 15.3 Å². The number of rotatable bonds is 2. The molecule has 0 spiro atoms. The smallest absolute Gasteiger partial charge is 0.128 e. The lowest BCUT2D eigenvalue weighted by Crippen LogP contribution is -2.28. The van der Waals surface area contributed by atoms with E-state index in [4.69, 9.17) is 0 Å². The van der Waals surface area contributed by atoms with Gasteiger partial charge in [0.05, 0.1) is 0 Å². The largest absolute Gasteiger partial charge is 0.315 e. The molecule has 1 aliphatic heterocycles. The molecule has 1 fully saturated rings. The van der Waals surface area contributed by atoms with Gasteiger partial charge < -0.3 is 5.32 Å². The van der Waals surface area contributed by atoms with Crippen molar-refractivity contribution in [3.8, 4) is 0 Å². The maximum atomic E-state index is 13.6. The van der Waals surface area contributed by atoms with E-state index >= 15 is 0 Å². The first-order valence-electron chi connectivity index (χ1n) is 5.63. The Labute approximate surface area is 104 Å². The molecule has 16 heavy (non-hydrogen) atoms. The lowest BCUT2D eigenvalue weighted by Gasteiger charge is -2.19. The molecule has 88 valence electrons. The van der Waals surface area contributed by atoms with Crippen molar-refractivity contribution in [1.29, 1.82) is 0 Å². The van der Waals surface area contributed by atoms with E-state index in [0.29, 0.717) is 6.54 Å². The summed E-state index contributed by atoms with van der Waals surface area (Å²) in [6.07, 6.45) is 1.14. The second kappa shape index (κ2) is 5.75. The zero-order chi connectivity index (χ0) is 11.4. The van der Waals surface area contributed by atoms with Crippen molar-refractivity contribution in [2.45, 2.75) is 13.0 Å². The van der Waals surface area contributed by atoms with Crippen LogP contribution in [-0.2, 0) is 6.54 Å². The summed E-state index contributed by atoms with van der Waals surface area (Å²) in [5.41, 5.74) is 0.783. The first kappa shape index (κ1) is 12.0. The van der Waals surface area contributed by atoms with Crippen LogP contribution in [0.3, 0.4) is 0 Å². The minimum absolute atomic E-state index is 0.119. The summed E-state index contributed by atoms with van der Waals surface area (Å²) in [4.78, 5) is 2.30. The van der Waals surface area contributed by atoms with E-state index < -0.39 is 0 Å². The number of benzene rings is 1. The van der Waals surface area contributed by atoms with E-state index in [0.717, 1.165) is 42.6 Å². The minimum atomic E-state index is -0.119. The number of hydrogen-bond acceptors (Lipinski definition) is 2. The van der Waals surface area contributed by atoms with E-state index in [1.54, 1.807) is 0 Å². The van der Waals surface area contributed by atoms with Gasteiger partial charge in [-0.05, 0) is 31.6 Å². The Hall–Kier alpha value is -0.450. The van der Waals surface area contributed by atoms with Gasteiger partial charge in [-0.15, -0.1) is 0 Å². The predicted molar refractivity (Wildman–Crippen MR) is 66.9 cm³/mol. The molecule has 4 heteroatoms. The molecule has 1 aliphatic rings. The van der Waals surface area contributed by atoms with E-state index in [-0.39, 0.29) is 5.82 Å². The fourth-order valence-electron chi connectivity index (χ4n) is 1.95. The number of hydrogen-bond donors (Lipinski definition) is 1. The number of nitrogens with zero attached hydrogens (tertiary/aromatic N) is 1. The number of nitrogens with one attached hydrogen (secondary N) is 1. The van der Waals surface area contributed by atoms with Crippen molar-refractivity contribution in [1.82, 2.24) is 10.2 Å². The lowest BCUT2D eigenvalue weighted by atomic mass is 10.2. The van der Waals surface area contributed by atoms with Gasteiger partial charge in [-0.1, -0.05) is 22.0 Å². The fraction of sp³-hybridized carbons (Fsp3) is 0.500. The quantitative estimate of drug-likeness (QED) is 0.898. The zero-order valence-corrected chi connectivity index (χ0v) is 10.8. The van der Waals surface area contributed by atoms with E-state index in [9.17, 15) is 4.39 Å². The predicted octanol–water partition coefficient (Wildman–Crippen LogP) is 2.38. The van der Waals surface area contributed by atoms with Gasteiger partial charge in [0.1, 0.15) is 5.82 Å². The van der Waals surface area contributed by atoms with E-state index in [2.05, 4.69) is 26.1 Å². The molecule has 2 nitrogen and oxygen atoms in total. The van der Waals surface area contributed by atoms with E-state index in [1.807, 2.05) is 12.1 Å². The summed E-state index contributed by atoms with van der Waals surface area (Å²) in [6.45, 7) is 4.82. The summed E-state index contributed by atoms with van der Waals surface area (Å²) in [7, 11) is 0. The maximum absolute atomic E-state index is 13.6. The van der Waals surface area contributed by atoms with Crippen LogP contribution in [0.5, 0.6) is 0 Å². The molecular formula is C12H16BrFN2. The molecule has 1 aromatic carbocycles. The first-order chi connectivity index (χ1) is 7.75. The van der Waals surface area contributed by atoms with Gasteiger partial charge in [0, 0.05) is 29.7 Å². The molecule has 2 rings (SSSR count). The Morgan fingerprint density at radius 3 is 3.00 bits per heavy atom. The highest BCUT2D eigenvalue weighted by Crippen LogP contribution is 2.17. The fourth-order valence-corrected chi connectivity index (χ4v) is 2.28. The van der Waals surface area contributed by atoms with Gasteiger partial charge in [0.2, 0.25) is 0 Å². The van der Waals surface area contributed by atoms with Crippen LogP contribution in [0.25, 0.3) is 0 Å². The Bertz CT molecular complexity index is 349. The summed E-state index contributed by atoms with van der Waals surface area (Å²) < 4.78 is 14.4. The van der Waals surface area contributed by atoms with Gasteiger partial charge in [-0.3, -0.25) is 4.90 Å². The van der Waals surface area contributed by atoms with Gasteiger partial charge in [-0.2, -0.15) is 0 Å². The summed E-state index contributed by atoms with van der Waals surface area (Å²) >= 11 is 3.27. The van der Waals surface area contributed by atoms with Crippen molar-refractivity contribution >= 4 is 15.9 Å². The lowest BCUT2D eigenvalue weighted by molar-refractivity contribution is 0.280. The standard InChI is InChI=1S/C12H16BrFN2/c13-11-3-2-10(12(14)8-11)9-16-6-1-4-15-5-7-16/h2-3,8,15H,1,4-7,9H2. The molecule has 1 N–H and O–H groups in total. The molecule has 1 aromatic rings.